The van der Waals surface area contributed by atoms with Crippen molar-refractivity contribution in [1.82, 2.24) is 20.0 Å². The zero-order chi connectivity index (χ0) is 17.2. The third-order valence-corrected chi connectivity index (χ3v) is 4.62. The Kier molecular flexibility index (Phi) is 4.35. The maximum atomic E-state index is 11.8. The van der Waals surface area contributed by atoms with Gasteiger partial charge in [0.1, 0.15) is 5.82 Å². The van der Waals surface area contributed by atoms with E-state index in [1.54, 1.807) is 6.92 Å². The number of aromatic nitrogens is 3. The molecule has 1 N–H and O–H groups in total. The van der Waals surface area contributed by atoms with Crippen LogP contribution in [0, 0.1) is 12.8 Å². The molecule has 2 aliphatic rings. The summed E-state index contributed by atoms with van der Waals surface area (Å²) in [6, 6.07) is 3.90. The molecule has 2 fully saturated rings. The van der Waals surface area contributed by atoms with Gasteiger partial charge < -0.3 is 14.7 Å². The molecular formula is C17H22N6O2. The predicted molar refractivity (Wildman–Crippen MR) is 92.1 cm³/mol. The van der Waals surface area contributed by atoms with Crippen molar-refractivity contribution in [3.8, 4) is 0 Å². The van der Waals surface area contributed by atoms with E-state index in [0.717, 1.165) is 57.1 Å². The Morgan fingerprint density at radius 3 is 2.68 bits per heavy atom. The van der Waals surface area contributed by atoms with Gasteiger partial charge in [0.15, 0.2) is 5.82 Å². The second-order valence-electron chi connectivity index (χ2n) is 6.66. The highest BCUT2D eigenvalue weighted by Crippen LogP contribution is 2.30. The molecule has 8 heteroatoms. The lowest BCUT2D eigenvalue weighted by molar-refractivity contribution is -0.117. The molecule has 1 saturated heterocycles. The molecule has 25 heavy (non-hydrogen) atoms. The molecule has 1 aliphatic heterocycles. The van der Waals surface area contributed by atoms with Gasteiger partial charge in [-0.1, -0.05) is 5.16 Å². The Hall–Kier alpha value is -2.48. The Labute approximate surface area is 146 Å². The number of hydrogen-bond donors (Lipinski definition) is 1. The first-order valence-corrected chi connectivity index (χ1v) is 8.71. The van der Waals surface area contributed by atoms with E-state index in [-0.39, 0.29) is 11.8 Å². The molecule has 4 rings (SSSR count). The predicted octanol–water partition coefficient (Wildman–Crippen LogP) is 1.44. The molecule has 1 amide bonds. The van der Waals surface area contributed by atoms with E-state index in [1.165, 1.54) is 0 Å². The normalized spacial score (nSPS) is 18.4. The highest BCUT2D eigenvalue weighted by Gasteiger charge is 2.29. The molecule has 1 aliphatic carbocycles. The van der Waals surface area contributed by atoms with E-state index in [2.05, 4.69) is 30.2 Å². The van der Waals surface area contributed by atoms with Gasteiger partial charge in [0.25, 0.3) is 0 Å². The maximum Gasteiger partial charge on any atom is 0.228 e. The van der Waals surface area contributed by atoms with Crippen molar-refractivity contribution in [3.63, 3.8) is 0 Å². The number of nitrogens with zero attached hydrogens (tertiary/aromatic N) is 5. The fourth-order valence-electron chi connectivity index (χ4n) is 2.99. The van der Waals surface area contributed by atoms with Gasteiger partial charge in [0.05, 0.1) is 18.4 Å². The van der Waals surface area contributed by atoms with Gasteiger partial charge in [-0.25, -0.2) is 4.98 Å². The van der Waals surface area contributed by atoms with Gasteiger partial charge in [0, 0.05) is 39.0 Å². The van der Waals surface area contributed by atoms with Crippen molar-refractivity contribution in [2.45, 2.75) is 26.3 Å². The minimum Gasteiger partial charge on any atom is -0.368 e. The molecular weight excluding hydrogens is 320 g/mol. The van der Waals surface area contributed by atoms with Crippen molar-refractivity contribution >= 4 is 17.4 Å². The molecule has 0 radical (unpaired) electrons. The maximum absolute atomic E-state index is 11.8. The Morgan fingerprint density at radius 1 is 1.28 bits per heavy atom. The standard InChI is InChI=1S/C17H22N6O2/c1-12-19-16(21-25-12)11-22-6-8-23(9-7-22)14-4-5-15(18-10-14)20-17(24)13-2-3-13/h4-5,10,13H,2-3,6-9,11H2,1H3,(H,18,20,24). The van der Waals surface area contributed by atoms with Crippen molar-refractivity contribution in [2.75, 3.05) is 36.4 Å². The first-order chi connectivity index (χ1) is 12.2. The number of aryl methyl sites for hydroxylation is 1. The van der Waals surface area contributed by atoms with Crippen molar-refractivity contribution in [1.29, 1.82) is 0 Å². The van der Waals surface area contributed by atoms with Gasteiger partial charge in [-0.3, -0.25) is 9.69 Å². The molecule has 2 aromatic heterocycles. The second kappa shape index (κ2) is 6.79. The number of carbonyl (C=O) groups is 1. The molecule has 0 atom stereocenters. The van der Waals surface area contributed by atoms with Crippen LogP contribution in [0.4, 0.5) is 11.5 Å². The summed E-state index contributed by atoms with van der Waals surface area (Å²) in [5.41, 5.74) is 1.08. The van der Waals surface area contributed by atoms with Crippen LogP contribution in [0.5, 0.6) is 0 Å². The molecule has 0 aromatic carbocycles. The fourth-order valence-corrected chi connectivity index (χ4v) is 2.99. The van der Waals surface area contributed by atoms with Crippen LogP contribution < -0.4 is 10.2 Å². The van der Waals surface area contributed by atoms with Crippen LogP contribution in [0.2, 0.25) is 0 Å². The quantitative estimate of drug-likeness (QED) is 0.880. The Morgan fingerprint density at radius 2 is 2.08 bits per heavy atom. The highest BCUT2D eigenvalue weighted by atomic mass is 16.5. The summed E-state index contributed by atoms with van der Waals surface area (Å²) in [6.45, 7) is 6.24. The molecule has 2 aromatic rings. The number of anilines is 2. The smallest absolute Gasteiger partial charge is 0.228 e. The summed E-state index contributed by atoms with van der Waals surface area (Å²) in [6.07, 6.45) is 3.83. The van der Waals surface area contributed by atoms with Crippen LogP contribution in [-0.2, 0) is 11.3 Å². The van der Waals surface area contributed by atoms with Crippen molar-refractivity contribution in [3.05, 3.63) is 30.0 Å². The second-order valence-corrected chi connectivity index (χ2v) is 6.66. The van der Waals surface area contributed by atoms with Crippen molar-refractivity contribution in [2.24, 2.45) is 5.92 Å². The minimum atomic E-state index is 0.0885. The third-order valence-electron chi connectivity index (χ3n) is 4.62. The summed E-state index contributed by atoms with van der Waals surface area (Å²) in [7, 11) is 0. The van der Waals surface area contributed by atoms with Gasteiger partial charge in [-0.15, -0.1) is 0 Å². The number of pyridine rings is 1. The lowest BCUT2D eigenvalue weighted by atomic mass is 10.2. The first kappa shape index (κ1) is 16.0. The molecule has 8 nitrogen and oxygen atoms in total. The van der Waals surface area contributed by atoms with Crippen LogP contribution >= 0.6 is 0 Å². The lowest BCUT2D eigenvalue weighted by Gasteiger charge is -2.35. The number of hydrogen-bond acceptors (Lipinski definition) is 7. The van der Waals surface area contributed by atoms with E-state index >= 15 is 0 Å². The average molecular weight is 342 g/mol. The van der Waals surface area contributed by atoms with E-state index < -0.39 is 0 Å². The molecule has 132 valence electrons. The number of nitrogens with one attached hydrogen (secondary N) is 1. The molecule has 0 unspecified atom stereocenters. The van der Waals surface area contributed by atoms with Gasteiger partial charge >= 0.3 is 0 Å². The first-order valence-electron chi connectivity index (χ1n) is 8.71. The largest absolute Gasteiger partial charge is 0.368 e. The lowest BCUT2D eigenvalue weighted by Crippen LogP contribution is -2.46. The Balaban J connectivity index is 1.29. The average Bonchev–Trinajstić information content (AvgIpc) is 3.40. The fraction of sp³-hybridized carbons (Fsp3) is 0.529. The minimum absolute atomic E-state index is 0.0885. The van der Waals surface area contributed by atoms with Crippen LogP contribution in [0.25, 0.3) is 0 Å². The van der Waals surface area contributed by atoms with E-state index in [9.17, 15) is 4.79 Å². The van der Waals surface area contributed by atoms with Crippen LogP contribution in [0.1, 0.15) is 24.6 Å². The molecule has 1 saturated carbocycles. The van der Waals surface area contributed by atoms with Crippen LogP contribution in [0.3, 0.4) is 0 Å². The molecule has 0 bridgehead atoms. The number of carbonyl (C=O) groups excluding carboxylic acids is 1. The summed E-state index contributed by atoms with van der Waals surface area (Å²) in [5.74, 6) is 2.26. The SMILES string of the molecule is Cc1nc(CN2CCN(c3ccc(NC(=O)C4CC4)nc3)CC2)no1. The van der Waals surface area contributed by atoms with Crippen molar-refractivity contribution < 1.29 is 9.32 Å². The summed E-state index contributed by atoms with van der Waals surface area (Å²) in [4.78, 5) is 25.0. The van der Waals surface area contributed by atoms with Crippen LogP contribution in [-0.4, -0.2) is 52.1 Å². The zero-order valence-corrected chi connectivity index (χ0v) is 14.3. The molecule has 0 spiro atoms. The van der Waals surface area contributed by atoms with E-state index in [4.69, 9.17) is 4.52 Å². The third kappa shape index (κ3) is 3.96. The van der Waals surface area contributed by atoms with Gasteiger partial charge in [0.2, 0.25) is 11.8 Å². The van der Waals surface area contributed by atoms with Gasteiger partial charge in [-0.2, -0.15) is 4.98 Å². The topological polar surface area (TPSA) is 87.4 Å². The number of rotatable bonds is 5. The zero-order valence-electron chi connectivity index (χ0n) is 14.3. The Bertz CT molecular complexity index is 732. The summed E-state index contributed by atoms with van der Waals surface area (Å²) in [5, 5.41) is 6.82. The van der Waals surface area contributed by atoms with Gasteiger partial charge in [-0.05, 0) is 25.0 Å². The highest BCUT2D eigenvalue weighted by molar-refractivity contribution is 5.93. The van der Waals surface area contributed by atoms with Crippen LogP contribution in [0.15, 0.2) is 22.9 Å². The number of piperazine rings is 1. The monoisotopic (exact) mass is 342 g/mol. The summed E-state index contributed by atoms with van der Waals surface area (Å²) < 4.78 is 5.02. The number of amides is 1. The van der Waals surface area contributed by atoms with E-state index in [1.807, 2.05) is 18.3 Å². The summed E-state index contributed by atoms with van der Waals surface area (Å²) >= 11 is 0. The van der Waals surface area contributed by atoms with E-state index in [0.29, 0.717) is 11.7 Å². The molecule has 3 heterocycles.